The van der Waals surface area contributed by atoms with Gasteiger partial charge in [-0.25, -0.2) is 4.79 Å². The maximum atomic E-state index is 11.9. The number of hydrogen-bond donors (Lipinski definition) is 0. The maximum absolute atomic E-state index is 11.9. The van der Waals surface area contributed by atoms with Crippen LogP contribution in [-0.4, -0.2) is 7.11 Å². The largest absolute Gasteiger partial charge is 0.497 e. The first-order chi connectivity index (χ1) is 11.9. The number of aryl methyl sites for hydroxylation is 2. The Morgan fingerprint density at radius 2 is 1.68 bits per heavy atom. The summed E-state index contributed by atoms with van der Waals surface area (Å²) in [4.78, 5) is 13.2. The highest BCUT2D eigenvalue weighted by Gasteiger charge is 2.12. The van der Waals surface area contributed by atoms with Crippen LogP contribution in [0.1, 0.15) is 27.8 Å². The van der Waals surface area contributed by atoms with Crippen LogP contribution in [0.3, 0.4) is 0 Å². The molecular weight excluding hydrogens is 332 g/mol. The Morgan fingerprint density at radius 3 is 2.32 bits per heavy atom. The zero-order valence-electron chi connectivity index (χ0n) is 15.2. The van der Waals surface area contributed by atoms with Crippen molar-refractivity contribution in [3.8, 4) is 5.75 Å². The van der Waals surface area contributed by atoms with Crippen LogP contribution in [0.4, 0.5) is 0 Å². The summed E-state index contributed by atoms with van der Waals surface area (Å²) >= 11 is 1.78. The van der Waals surface area contributed by atoms with E-state index in [-0.39, 0.29) is 5.63 Å². The topological polar surface area (TPSA) is 39.4 Å². The minimum Gasteiger partial charge on any atom is -0.497 e. The van der Waals surface area contributed by atoms with Crippen LogP contribution in [0.2, 0.25) is 0 Å². The predicted octanol–water partition coefficient (Wildman–Crippen LogP) is 5.33. The zero-order chi connectivity index (χ0) is 18.1. The molecule has 0 atom stereocenters. The number of fused-ring (bicyclic) bond motifs is 1. The van der Waals surface area contributed by atoms with Crippen molar-refractivity contribution in [2.75, 3.05) is 7.11 Å². The van der Waals surface area contributed by atoms with Gasteiger partial charge in [0.05, 0.1) is 7.11 Å². The second-order valence-corrected chi connectivity index (χ2v) is 7.32. The highest BCUT2D eigenvalue weighted by molar-refractivity contribution is 7.98. The molecule has 4 heteroatoms. The van der Waals surface area contributed by atoms with Gasteiger partial charge in [0, 0.05) is 28.2 Å². The Hall–Kier alpha value is -2.20. The highest BCUT2D eigenvalue weighted by Crippen LogP contribution is 2.34. The van der Waals surface area contributed by atoms with E-state index < -0.39 is 0 Å². The van der Waals surface area contributed by atoms with E-state index in [9.17, 15) is 4.79 Å². The van der Waals surface area contributed by atoms with Crippen LogP contribution in [0.5, 0.6) is 5.75 Å². The molecule has 0 saturated carbocycles. The molecule has 0 N–H and O–H groups in total. The molecule has 0 spiro atoms. The number of thioether (sulfide) groups is 1. The summed E-state index contributed by atoms with van der Waals surface area (Å²) < 4.78 is 10.6. The van der Waals surface area contributed by atoms with Gasteiger partial charge in [0.15, 0.2) is 0 Å². The fourth-order valence-electron chi connectivity index (χ4n) is 3.00. The highest BCUT2D eigenvalue weighted by atomic mass is 32.2. The fraction of sp³-hybridized carbons (Fsp3) is 0.286. The molecule has 0 saturated heterocycles. The first-order valence-electron chi connectivity index (χ1n) is 8.21. The Bertz CT molecular complexity index is 976. The quantitative estimate of drug-likeness (QED) is 0.469. The summed E-state index contributed by atoms with van der Waals surface area (Å²) in [5.41, 5.74) is 6.43. The molecule has 0 bridgehead atoms. The lowest BCUT2D eigenvalue weighted by molar-refractivity contribution is 0.414. The number of ether oxygens (including phenoxy) is 1. The molecule has 3 rings (SSSR count). The van der Waals surface area contributed by atoms with Crippen molar-refractivity contribution < 1.29 is 9.15 Å². The third-order valence-electron chi connectivity index (χ3n) is 4.71. The van der Waals surface area contributed by atoms with Crippen LogP contribution in [0, 0.1) is 27.7 Å². The lowest BCUT2D eigenvalue weighted by Crippen LogP contribution is -2.01. The third-order valence-corrected chi connectivity index (χ3v) is 6.06. The predicted molar refractivity (Wildman–Crippen MR) is 104 cm³/mol. The molecule has 0 aliphatic heterocycles. The first-order valence-corrected chi connectivity index (χ1v) is 9.20. The number of rotatable bonds is 4. The summed E-state index contributed by atoms with van der Waals surface area (Å²) in [5, 5.41) is 0.951. The van der Waals surface area contributed by atoms with Gasteiger partial charge >= 0.3 is 5.63 Å². The molecule has 1 aromatic heterocycles. The van der Waals surface area contributed by atoms with Crippen LogP contribution in [-0.2, 0) is 5.75 Å². The molecular formula is C21H22O3S. The lowest BCUT2D eigenvalue weighted by atomic mass is 10.0. The second kappa shape index (κ2) is 6.96. The summed E-state index contributed by atoms with van der Waals surface area (Å²) in [6, 6.07) is 9.43. The number of hydrogen-bond acceptors (Lipinski definition) is 4. The molecule has 0 amide bonds. The van der Waals surface area contributed by atoms with Gasteiger partial charge in [-0.2, -0.15) is 0 Å². The smallest absolute Gasteiger partial charge is 0.336 e. The molecule has 0 fully saturated rings. The summed E-state index contributed by atoms with van der Waals surface area (Å²) in [5.74, 6) is 1.40. The zero-order valence-corrected chi connectivity index (χ0v) is 16.0. The van der Waals surface area contributed by atoms with Crippen LogP contribution in [0.15, 0.2) is 44.4 Å². The molecule has 0 aliphatic rings. The standard InChI is InChI=1S/C21H22O3S/c1-12-8-13(2)15(4)21(14(12)3)25-11-16-9-20(22)24-19-10-17(23-5)6-7-18(16)19/h6-10H,11H2,1-5H3. The van der Waals surface area contributed by atoms with Crippen molar-refractivity contribution in [2.45, 2.75) is 38.3 Å². The minimum absolute atomic E-state index is 0.329. The summed E-state index contributed by atoms with van der Waals surface area (Å²) in [6.07, 6.45) is 0. The van der Waals surface area contributed by atoms with Crippen LogP contribution >= 0.6 is 11.8 Å². The van der Waals surface area contributed by atoms with Gasteiger partial charge in [-0.15, -0.1) is 11.8 Å². The van der Waals surface area contributed by atoms with Gasteiger partial charge in [-0.1, -0.05) is 6.07 Å². The molecule has 0 radical (unpaired) electrons. The van der Waals surface area contributed by atoms with E-state index >= 15 is 0 Å². The molecule has 1 heterocycles. The van der Waals surface area contributed by atoms with Crippen molar-refractivity contribution >= 4 is 22.7 Å². The first kappa shape index (κ1) is 17.6. The average molecular weight is 354 g/mol. The molecule has 0 aliphatic carbocycles. The van der Waals surface area contributed by atoms with E-state index in [1.807, 2.05) is 12.1 Å². The molecule has 25 heavy (non-hydrogen) atoms. The van der Waals surface area contributed by atoms with E-state index in [0.717, 1.165) is 16.7 Å². The van der Waals surface area contributed by atoms with Gasteiger partial charge in [-0.05, 0) is 67.6 Å². The van der Waals surface area contributed by atoms with E-state index in [1.165, 1.54) is 27.1 Å². The maximum Gasteiger partial charge on any atom is 0.336 e. The van der Waals surface area contributed by atoms with Crippen LogP contribution < -0.4 is 10.4 Å². The second-order valence-electron chi connectivity index (χ2n) is 6.33. The van der Waals surface area contributed by atoms with E-state index in [2.05, 4.69) is 33.8 Å². The van der Waals surface area contributed by atoms with Crippen molar-refractivity contribution in [3.05, 3.63) is 68.6 Å². The number of benzene rings is 2. The van der Waals surface area contributed by atoms with E-state index in [1.54, 1.807) is 31.0 Å². The van der Waals surface area contributed by atoms with E-state index in [0.29, 0.717) is 11.3 Å². The van der Waals surface area contributed by atoms with Crippen molar-refractivity contribution in [1.29, 1.82) is 0 Å². The van der Waals surface area contributed by atoms with Crippen molar-refractivity contribution in [1.82, 2.24) is 0 Å². The minimum atomic E-state index is -0.329. The van der Waals surface area contributed by atoms with Gasteiger partial charge < -0.3 is 9.15 Å². The van der Waals surface area contributed by atoms with Crippen LogP contribution in [0.25, 0.3) is 11.0 Å². The van der Waals surface area contributed by atoms with Gasteiger partial charge in [0.2, 0.25) is 0 Å². The molecule has 130 valence electrons. The Morgan fingerprint density at radius 1 is 1.00 bits per heavy atom. The van der Waals surface area contributed by atoms with Crippen molar-refractivity contribution in [3.63, 3.8) is 0 Å². The Balaban J connectivity index is 2.01. The summed E-state index contributed by atoms with van der Waals surface area (Å²) in [6.45, 7) is 8.61. The average Bonchev–Trinajstić information content (AvgIpc) is 2.59. The third kappa shape index (κ3) is 3.45. The summed E-state index contributed by atoms with van der Waals surface area (Å²) in [7, 11) is 1.60. The monoisotopic (exact) mass is 354 g/mol. The van der Waals surface area contributed by atoms with Gasteiger partial charge in [0.25, 0.3) is 0 Å². The fourth-order valence-corrected chi connectivity index (χ4v) is 4.30. The van der Waals surface area contributed by atoms with Crippen molar-refractivity contribution in [2.24, 2.45) is 0 Å². The Labute approximate surface area is 152 Å². The van der Waals surface area contributed by atoms with E-state index in [4.69, 9.17) is 9.15 Å². The molecule has 2 aromatic carbocycles. The van der Waals surface area contributed by atoms with Gasteiger partial charge in [-0.3, -0.25) is 0 Å². The number of methoxy groups -OCH3 is 1. The SMILES string of the molecule is COc1ccc2c(CSc3c(C)c(C)cc(C)c3C)cc(=O)oc2c1. The molecule has 3 aromatic rings. The molecule has 0 unspecified atom stereocenters. The Kier molecular flexibility index (Phi) is 4.91. The molecule has 3 nitrogen and oxygen atoms in total. The lowest BCUT2D eigenvalue weighted by Gasteiger charge is -2.15. The van der Waals surface area contributed by atoms with Gasteiger partial charge in [0.1, 0.15) is 11.3 Å². The normalized spacial score (nSPS) is 11.1.